The average Bonchev–Trinajstić information content (AvgIpc) is 2.89. The monoisotopic (exact) mass is 282 g/mol. The van der Waals surface area contributed by atoms with Crippen molar-refractivity contribution >= 4 is 11.3 Å². The zero-order valence-corrected chi connectivity index (χ0v) is 12.2. The Morgan fingerprint density at radius 3 is 2.57 bits per heavy atom. The van der Waals surface area contributed by atoms with Gasteiger partial charge in [-0.1, -0.05) is 12.1 Å². The first kappa shape index (κ1) is 13.4. The Morgan fingerprint density at radius 2 is 1.86 bits per heavy atom. The van der Waals surface area contributed by atoms with Crippen molar-refractivity contribution in [1.29, 1.82) is 0 Å². The molecule has 0 aliphatic carbocycles. The molecule has 0 radical (unpaired) electrons. The summed E-state index contributed by atoms with van der Waals surface area (Å²) in [6.45, 7) is 4.63. The van der Waals surface area contributed by atoms with Gasteiger partial charge in [0.05, 0.1) is 12.3 Å². The molecule has 0 atom stereocenters. The van der Waals surface area contributed by atoms with Gasteiger partial charge in [-0.15, -0.1) is 10.2 Å². The number of nitrogen functional groups attached to an aromatic ring is 1. The van der Waals surface area contributed by atoms with Gasteiger partial charge in [0, 0.05) is 12.1 Å². The van der Waals surface area contributed by atoms with E-state index >= 15 is 0 Å². The molecule has 2 N–H and O–H groups in total. The molecule has 0 aliphatic heterocycles. The second-order valence-corrected chi connectivity index (χ2v) is 4.94. The summed E-state index contributed by atoms with van der Waals surface area (Å²) in [7, 11) is 0. The van der Waals surface area contributed by atoms with Gasteiger partial charge in [-0.2, -0.15) is 0 Å². The minimum absolute atomic E-state index is 0.673. The van der Waals surface area contributed by atoms with Crippen LogP contribution in [-0.2, 0) is 6.42 Å². The highest BCUT2D eigenvalue weighted by Gasteiger charge is 2.10. The molecule has 3 rings (SSSR count). The third-order valence-electron chi connectivity index (χ3n) is 3.52. The Labute approximate surface area is 123 Å². The number of pyridine rings is 1. The maximum atomic E-state index is 5.97. The van der Waals surface area contributed by atoms with Crippen molar-refractivity contribution in [3.63, 3.8) is 0 Å². The Morgan fingerprint density at radius 1 is 1.10 bits per heavy atom. The number of aromatic nitrogens is 3. The number of hydrogen-bond donors (Lipinski definition) is 1. The molecule has 0 amide bonds. The summed E-state index contributed by atoms with van der Waals surface area (Å²) in [5, 5.41) is 8.47. The number of nitrogens with two attached hydrogens (primary N) is 1. The summed E-state index contributed by atoms with van der Waals surface area (Å²) in [6.07, 6.45) is 0.706. The zero-order valence-electron chi connectivity index (χ0n) is 12.2. The molecule has 5 nitrogen and oxygen atoms in total. The molecule has 0 saturated heterocycles. The predicted molar refractivity (Wildman–Crippen MR) is 82.6 cm³/mol. The lowest BCUT2D eigenvalue weighted by Gasteiger charge is -2.07. The zero-order chi connectivity index (χ0) is 14.8. The molecule has 1 aromatic carbocycles. The molecule has 2 aromatic heterocycles. The fraction of sp³-hybridized carbons (Fsp3) is 0.250. The van der Waals surface area contributed by atoms with Crippen molar-refractivity contribution in [2.45, 2.75) is 20.3 Å². The summed E-state index contributed by atoms with van der Waals surface area (Å²) in [4.78, 5) is 0. The van der Waals surface area contributed by atoms with Gasteiger partial charge in [0.15, 0.2) is 5.65 Å². The Hall–Kier alpha value is -2.56. The van der Waals surface area contributed by atoms with Gasteiger partial charge in [-0.25, -0.2) is 0 Å². The highest BCUT2D eigenvalue weighted by molar-refractivity contribution is 5.52. The minimum Gasteiger partial charge on any atom is -0.494 e. The largest absolute Gasteiger partial charge is 0.494 e. The molecular weight excluding hydrogens is 264 g/mol. The maximum Gasteiger partial charge on any atom is 0.161 e. The van der Waals surface area contributed by atoms with Gasteiger partial charge in [-0.3, -0.25) is 4.40 Å². The second-order valence-electron chi connectivity index (χ2n) is 4.94. The third-order valence-corrected chi connectivity index (χ3v) is 3.52. The van der Waals surface area contributed by atoms with Gasteiger partial charge in [0.1, 0.15) is 11.6 Å². The Bertz CT molecular complexity index is 762. The summed E-state index contributed by atoms with van der Waals surface area (Å²) in [5.74, 6) is 1.77. The van der Waals surface area contributed by atoms with Crippen LogP contribution >= 0.6 is 0 Å². The first-order valence-electron chi connectivity index (χ1n) is 7.00. The molecule has 0 spiro atoms. The van der Waals surface area contributed by atoms with E-state index in [4.69, 9.17) is 10.5 Å². The predicted octanol–water partition coefficient (Wildman–Crippen LogP) is 2.61. The summed E-state index contributed by atoms with van der Waals surface area (Å²) in [5.41, 5.74) is 9.67. The Balaban J connectivity index is 1.93. The molecule has 0 bridgehead atoms. The molecule has 0 aliphatic rings. The lowest BCUT2D eigenvalue weighted by molar-refractivity contribution is 0.340. The van der Waals surface area contributed by atoms with Gasteiger partial charge in [0.2, 0.25) is 0 Å². The highest BCUT2D eigenvalue weighted by Crippen LogP contribution is 2.18. The minimum atomic E-state index is 0.673. The van der Waals surface area contributed by atoms with Crippen molar-refractivity contribution in [1.82, 2.24) is 14.6 Å². The third kappa shape index (κ3) is 2.54. The second kappa shape index (κ2) is 5.44. The van der Waals surface area contributed by atoms with E-state index in [1.54, 1.807) is 0 Å². The number of aryl methyl sites for hydroxylation is 1. The molecule has 2 heterocycles. The van der Waals surface area contributed by atoms with E-state index in [9.17, 15) is 0 Å². The number of fused-ring (bicyclic) bond motifs is 1. The Kier molecular flexibility index (Phi) is 3.48. The summed E-state index contributed by atoms with van der Waals surface area (Å²) >= 11 is 0. The standard InChI is InChI=1S/C16H18N4O/c1-3-21-13-6-4-12(5-7-13)10-16-19-18-15-9-8-14(17)11(2)20(15)16/h4-9H,3,10,17H2,1-2H3. The molecule has 108 valence electrons. The van der Waals surface area contributed by atoms with E-state index in [0.717, 1.165) is 34.2 Å². The lowest BCUT2D eigenvalue weighted by atomic mass is 10.1. The summed E-state index contributed by atoms with van der Waals surface area (Å²) in [6, 6.07) is 11.8. The molecule has 5 heteroatoms. The molecule has 21 heavy (non-hydrogen) atoms. The lowest BCUT2D eigenvalue weighted by Crippen LogP contribution is -2.03. The van der Waals surface area contributed by atoms with E-state index in [0.29, 0.717) is 13.0 Å². The topological polar surface area (TPSA) is 65.4 Å². The van der Waals surface area contributed by atoms with Crippen LogP contribution in [0.15, 0.2) is 36.4 Å². The van der Waals surface area contributed by atoms with Crippen LogP contribution in [0.25, 0.3) is 5.65 Å². The molecule has 0 unspecified atom stereocenters. The molecular formula is C16H18N4O. The molecule has 0 fully saturated rings. The van der Waals surface area contributed by atoms with Crippen LogP contribution in [0.1, 0.15) is 24.0 Å². The number of benzene rings is 1. The molecule has 0 saturated carbocycles. The summed E-state index contributed by atoms with van der Waals surface area (Å²) < 4.78 is 7.46. The van der Waals surface area contributed by atoms with Crippen LogP contribution in [-0.4, -0.2) is 21.2 Å². The first-order valence-corrected chi connectivity index (χ1v) is 7.00. The van der Waals surface area contributed by atoms with E-state index in [-0.39, 0.29) is 0 Å². The SMILES string of the molecule is CCOc1ccc(Cc2nnc3ccc(N)c(C)n23)cc1. The van der Waals surface area contributed by atoms with Crippen molar-refractivity contribution in [2.75, 3.05) is 12.3 Å². The number of anilines is 1. The van der Waals surface area contributed by atoms with E-state index < -0.39 is 0 Å². The van der Waals surface area contributed by atoms with Crippen LogP contribution in [0, 0.1) is 6.92 Å². The van der Waals surface area contributed by atoms with E-state index in [1.165, 1.54) is 0 Å². The van der Waals surface area contributed by atoms with E-state index in [2.05, 4.69) is 10.2 Å². The van der Waals surface area contributed by atoms with Crippen molar-refractivity contribution in [3.8, 4) is 5.75 Å². The van der Waals surface area contributed by atoms with Gasteiger partial charge >= 0.3 is 0 Å². The normalized spacial score (nSPS) is 11.0. The van der Waals surface area contributed by atoms with Crippen LogP contribution in [0.4, 0.5) is 5.69 Å². The van der Waals surface area contributed by atoms with Crippen LogP contribution < -0.4 is 10.5 Å². The number of ether oxygens (including phenoxy) is 1. The molecule has 3 aromatic rings. The van der Waals surface area contributed by atoms with Gasteiger partial charge < -0.3 is 10.5 Å². The van der Waals surface area contributed by atoms with Crippen LogP contribution in [0.3, 0.4) is 0 Å². The van der Waals surface area contributed by atoms with Crippen molar-refractivity contribution in [3.05, 3.63) is 53.5 Å². The fourth-order valence-corrected chi connectivity index (χ4v) is 2.39. The smallest absolute Gasteiger partial charge is 0.161 e. The number of hydrogen-bond acceptors (Lipinski definition) is 4. The number of nitrogens with zero attached hydrogens (tertiary/aromatic N) is 3. The van der Waals surface area contributed by atoms with Crippen LogP contribution in [0.2, 0.25) is 0 Å². The number of rotatable bonds is 4. The maximum absolute atomic E-state index is 5.97. The van der Waals surface area contributed by atoms with Crippen molar-refractivity contribution < 1.29 is 4.74 Å². The van der Waals surface area contributed by atoms with Crippen LogP contribution in [0.5, 0.6) is 5.75 Å². The highest BCUT2D eigenvalue weighted by atomic mass is 16.5. The van der Waals surface area contributed by atoms with Gasteiger partial charge in [0.25, 0.3) is 0 Å². The van der Waals surface area contributed by atoms with Crippen molar-refractivity contribution in [2.24, 2.45) is 0 Å². The fourth-order valence-electron chi connectivity index (χ4n) is 2.39. The quantitative estimate of drug-likeness (QED) is 0.799. The first-order chi connectivity index (χ1) is 10.2. The average molecular weight is 282 g/mol. The van der Waals surface area contributed by atoms with Gasteiger partial charge in [-0.05, 0) is 43.7 Å². The van der Waals surface area contributed by atoms with E-state index in [1.807, 2.05) is 54.6 Å².